The first-order chi connectivity index (χ1) is 10.3. The minimum absolute atomic E-state index is 0.747. The Morgan fingerprint density at radius 2 is 1.90 bits per heavy atom. The van der Waals surface area contributed by atoms with Gasteiger partial charge in [0.2, 0.25) is 0 Å². The third kappa shape index (κ3) is 5.25. The van der Waals surface area contributed by atoms with E-state index in [9.17, 15) is 0 Å². The van der Waals surface area contributed by atoms with Crippen LogP contribution < -0.4 is 10.5 Å². The molecule has 0 atom stereocenters. The van der Waals surface area contributed by atoms with E-state index in [0.29, 0.717) is 0 Å². The van der Waals surface area contributed by atoms with E-state index >= 15 is 0 Å². The number of ether oxygens (including phenoxy) is 1. The Morgan fingerprint density at radius 1 is 1.10 bits per heavy atom. The highest BCUT2D eigenvalue weighted by Gasteiger charge is 2.09. The maximum absolute atomic E-state index is 5.58. The summed E-state index contributed by atoms with van der Waals surface area (Å²) in [6.45, 7) is 3.49. The molecule has 0 unspecified atom stereocenters. The second-order valence-corrected chi connectivity index (χ2v) is 5.13. The SMILES string of the molecule is COc1ccc(CN(CCCCN)Cc2ccco2)cc1. The van der Waals surface area contributed by atoms with Gasteiger partial charge in [-0.05, 0) is 55.8 Å². The average molecular weight is 288 g/mol. The fourth-order valence-corrected chi connectivity index (χ4v) is 2.31. The maximum Gasteiger partial charge on any atom is 0.118 e. The van der Waals surface area contributed by atoms with Crippen molar-refractivity contribution in [2.24, 2.45) is 5.73 Å². The van der Waals surface area contributed by atoms with Crippen LogP contribution >= 0.6 is 0 Å². The molecule has 1 aromatic heterocycles. The predicted octanol–water partition coefficient (Wildman–Crippen LogP) is 3.03. The van der Waals surface area contributed by atoms with Gasteiger partial charge in [-0.25, -0.2) is 0 Å². The van der Waals surface area contributed by atoms with E-state index in [2.05, 4.69) is 17.0 Å². The molecule has 0 aliphatic heterocycles. The van der Waals surface area contributed by atoms with Gasteiger partial charge in [0, 0.05) is 6.54 Å². The van der Waals surface area contributed by atoms with Crippen LogP contribution in [0.25, 0.3) is 0 Å². The van der Waals surface area contributed by atoms with Gasteiger partial charge in [-0.3, -0.25) is 4.90 Å². The van der Waals surface area contributed by atoms with E-state index in [-0.39, 0.29) is 0 Å². The number of furan rings is 1. The molecular formula is C17H24N2O2. The fraction of sp³-hybridized carbons (Fsp3) is 0.412. The lowest BCUT2D eigenvalue weighted by molar-refractivity contribution is 0.231. The molecule has 0 aliphatic carbocycles. The summed E-state index contributed by atoms with van der Waals surface area (Å²) in [5.74, 6) is 1.88. The Bertz CT molecular complexity index is 494. The third-order valence-corrected chi connectivity index (χ3v) is 3.45. The van der Waals surface area contributed by atoms with Gasteiger partial charge in [0.1, 0.15) is 11.5 Å². The van der Waals surface area contributed by atoms with Gasteiger partial charge < -0.3 is 14.9 Å². The number of hydrogen-bond donors (Lipinski definition) is 1. The summed E-state index contributed by atoms with van der Waals surface area (Å²) in [6, 6.07) is 12.2. The van der Waals surface area contributed by atoms with Crippen LogP contribution in [-0.2, 0) is 13.1 Å². The highest BCUT2D eigenvalue weighted by molar-refractivity contribution is 5.27. The lowest BCUT2D eigenvalue weighted by Crippen LogP contribution is -2.24. The zero-order valence-corrected chi connectivity index (χ0v) is 12.6. The average Bonchev–Trinajstić information content (AvgIpc) is 3.01. The van der Waals surface area contributed by atoms with Crippen molar-refractivity contribution >= 4 is 0 Å². The third-order valence-electron chi connectivity index (χ3n) is 3.45. The molecule has 2 rings (SSSR count). The van der Waals surface area contributed by atoms with Crippen LogP contribution in [0.15, 0.2) is 47.1 Å². The van der Waals surface area contributed by atoms with Crippen LogP contribution in [-0.4, -0.2) is 25.1 Å². The number of nitrogens with two attached hydrogens (primary N) is 1. The summed E-state index contributed by atoms with van der Waals surface area (Å²) < 4.78 is 10.7. The Hall–Kier alpha value is -1.78. The van der Waals surface area contributed by atoms with Crippen LogP contribution in [0.1, 0.15) is 24.2 Å². The van der Waals surface area contributed by atoms with Gasteiger partial charge in [0.05, 0.1) is 19.9 Å². The summed E-state index contributed by atoms with van der Waals surface area (Å²) in [7, 11) is 1.69. The maximum atomic E-state index is 5.58. The van der Waals surface area contributed by atoms with Crippen molar-refractivity contribution < 1.29 is 9.15 Å². The van der Waals surface area contributed by atoms with Gasteiger partial charge in [0.25, 0.3) is 0 Å². The molecule has 0 radical (unpaired) electrons. The number of methoxy groups -OCH3 is 1. The first-order valence-corrected chi connectivity index (χ1v) is 7.39. The van der Waals surface area contributed by atoms with Gasteiger partial charge in [-0.2, -0.15) is 0 Å². The topological polar surface area (TPSA) is 51.6 Å². The molecule has 0 amide bonds. The fourth-order valence-electron chi connectivity index (χ4n) is 2.31. The first-order valence-electron chi connectivity index (χ1n) is 7.39. The van der Waals surface area contributed by atoms with Crippen LogP contribution in [0, 0.1) is 0 Å². The van der Waals surface area contributed by atoms with Crippen LogP contribution in [0.4, 0.5) is 0 Å². The first kappa shape index (κ1) is 15.6. The molecule has 0 aliphatic rings. The molecule has 1 heterocycles. The van der Waals surface area contributed by atoms with Gasteiger partial charge in [-0.15, -0.1) is 0 Å². The normalized spacial score (nSPS) is 11.0. The lowest BCUT2D eigenvalue weighted by atomic mass is 10.2. The Kier molecular flexibility index (Phi) is 6.31. The number of benzene rings is 1. The number of rotatable bonds is 9. The minimum Gasteiger partial charge on any atom is -0.497 e. The Labute approximate surface area is 126 Å². The van der Waals surface area contributed by atoms with Crippen molar-refractivity contribution in [3.05, 3.63) is 54.0 Å². The molecule has 0 bridgehead atoms. The second-order valence-electron chi connectivity index (χ2n) is 5.13. The summed E-state index contributed by atoms with van der Waals surface area (Å²) in [4.78, 5) is 2.39. The Morgan fingerprint density at radius 3 is 2.52 bits per heavy atom. The van der Waals surface area contributed by atoms with Crippen LogP contribution in [0.2, 0.25) is 0 Å². The number of unbranched alkanes of at least 4 members (excludes halogenated alkanes) is 1. The van der Waals surface area contributed by atoms with Gasteiger partial charge >= 0.3 is 0 Å². The summed E-state index contributed by atoms with van der Waals surface area (Å²) in [5, 5.41) is 0. The van der Waals surface area contributed by atoms with Crippen LogP contribution in [0.5, 0.6) is 5.75 Å². The van der Waals surface area contributed by atoms with E-state index in [4.69, 9.17) is 14.9 Å². The molecule has 4 heteroatoms. The zero-order valence-electron chi connectivity index (χ0n) is 12.6. The standard InChI is InChI=1S/C17H24N2O2/c1-20-16-8-6-15(7-9-16)13-19(11-3-2-10-18)14-17-5-4-12-21-17/h4-9,12H,2-3,10-11,13-14,18H2,1H3. The molecule has 0 fully saturated rings. The molecule has 0 spiro atoms. The van der Waals surface area contributed by atoms with Crippen molar-refractivity contribution in [2.75, 3.05) is 20.2 Å². The molecule has 0 saturated heterocycles. The van der Waals surface area contributed by atoms with E-state index in [1.54, 1.807) is 13.4 Å². The van der Waals surface area contributed by atoms with Gasteiger partial charge in [0.15, 0.2) is 0 Å². The van der Waals surface area contributed by atoms with E-state index in [1.165, 1.54) is 5.56 Å². The minimum atomic E-state index is 0.747. The smallest absolute Gasteiger partial charge is 0.118 e. The van der Waals surface area contributed by atoms with Crippen molar-refractivity contribution in [3.63, 3.8) is 0 Å². The second kappa shape index (κ2) is 8.49. The number of hydrogen-bond acceptors (Lipinski definition) is 4. The molecule has 4 nitrogen and oxygen atoms in total. The Balaban J connectivity index is 1.96. The van der Waals surface area contributed by atoms with Crippen molar-refractivity contribution in [2.45, 2.75) is 25.9 Å². The summed E-state index contributed by atoms with van der Waals surface area (Å²) in [5.41, 5.74) is 6.86. The quantitative estimate of drug-likeness (QED) is 0.721. The molecule has 114 valence electrons. The molecule has 1 aromatic carbocycles. The highest BCUT2D eigenvalue weighted by Crippen LogP contribution is 2.15. The van der Waals surface area contributed by atoms with Crippen molar-refractivity contribution in [1.82, 2.24) is 4.90 Å². The van der Waals surface area contributed by atoms with Crippen molar-refractivity contribution in [3.8, 4) is 5.75 Å². The molecular weight excluding hydrogens is 264 g/mol. The largest absolute Gasteiger partial charge is 0.497 e. The number of nitrogens with zero attached hydrogens (tertiary/aromatic N) is 1. The summed E-state index contributed by atoms with van der Waals surface area (Å²) >= 11 is 0. The van der Waals surface area contributed by atoms with E-state index in [0.717, 1.165) is 50.5 Å². The lowest BCUT2D eigenvalue weighted by Gasteiger charge is -2.21. The van der Waals surface area contributed by atoms with Crippen molar-refractivity contribution in [1.29, 1.82) is 0 Å². The summed E-state index contributed by atoms with van der Waals surface area (Å²) in [6.07, 6.45) is 3.88. The predicted molar refractivity (Wildman–Crippen MR) is 84.1 cm³/mol. The van der Waals surface area contributed by atoms with Gasteiger partial charge in [-0.1, -0.05) is 12.1 Å². The van der Waals surface area contributed by atoms with Crippen LogP contribution in [0.3, 0.4) is 0 Å². The molecule has 2 N–H and O–H groups in total. The van der Waals surface area contributed by atoms with E-state index < -0.39 is 0 Å². The molecule has 2 aromatic rings. The highest BCUT2D eigenvalue weighted by atomic mass is 16.5. The molecule has 21 heavy (non-hydrogen) atoms. The molecule has 0 saturated carbocycles. The van der Waals surface area contributed by atoms with E-state index in [1.807, 2.05) is 24.3 Å². The monoisotopic (exact) mass is 288 g/mol. The zero-order chi connectivity index (χ0) is 14.9.